The van der Waals surface area contributed by atoms with Gasteiger partial charge in [-0.2, -0.15) is 0 Å². The fourth-order valence-corrected chi connectivity index (χ4v) is 6.39. The molecule has 2 aromatic heterocycles. The predicted molar refractivity (Wildman–Crippen MR) is 159 cm³/mol. The number of benzene rings is 1. The minimum atomic E-state index is -0.371. The molecule has 0 aliphatic carbocycles. The number of fused-ring (bicyclic) bond motifs is 1. The minimum Gasteiger partial charge on any atom is -0.454 e. The Morgan fingerprint density at radius 3 is 2.50 bits per heavy atom. The number of thiophene rings is 2. The molecule has 1 aromatic carbocycles. The summed E-state index contributed by atoms with van der Waals surface area (Å²) in [6, 6.07) is 13.0. The Labute approximate surface area is 244 Å². The van der Waals surface area contributed by atoms with Gasteiger partial charge in [-0.3, -0.25) is 4.90 Å². The highest BCUT2D eigenvalue weighted by Gasteiger charge is 2.28. The molecule has 1 aliphatic heterocycles. The van der Waals surface area contributed by atoms with Gasteiger partial charge in [0.2, 0.25) is 6.79 Å². The number of nitrogens with zero attached hydrogens (tertiary/aromatic N) is 1. The molecule has 3 amide bonds. The van der Waals surface area contributed by atoms with Crippen molar-refractivity contribution in [1.82, 2.24) is 15.5 Å². The van der Waals surface area contributed by atoms with E-state index < -0.39 is 0 Å². The number of carbonyl (C=O) groups excluding carboxylic acids is 2. The quantitative estimate of drug-likeness (QED) is 0.203. The van der Waals surface area contributed by atoms with Gasteiger partial charge in [-0.25, -0.2) is 9.59 Å². The minimum absolute atomic E-state index is 0.0769. The zero-order chi connectivity index (χ0) is 28.3. The molecule has 2 N–H and O–H groups in total. The number of amides is 3. The van der Waals surface area contributed by atoms with Crippen LogP contribution in [0, 0.1) is 0 Å². The molecule has 0 bridgehead atoms. The summed E-state index contributed by atoms with van der Waals surface area (Å²) in [5.74, 6) is 1.40. The van der Waals surface area contributed by atoms with E-state index in [2.05, 4.69) is 30.5 Å². The van der Waals surface area contributed by atoms with Crippen LogP contribution >= 0.6 is 22.7 Å². The molecule has 0 saturated carbocycles. The second-order valence-electron chi connectivity index (χ2n) is 9.75. The molecular formula is C30H39N3O5S2. The van der Waals surface area contributed by atoms with Crippen molar-refractivity contribution in [3.63, 3.8) is 0 Å². The van der Waals surface area contributed by atoms with Gasteiger partial charge in [0, 0.05) is 9.75 Å². The topological polar surface area (TPSA) is 89.1 Å². The summed E-state index contributed by atoms with van der Waals surface area (Å²) >= 11 is 3.27. The zero-order valence-electron chi connectivity index (χ0n) is 23.4. The van der Waals surface area contributed by atoms with E-state index in [1.54, 1.807) is 27.6 Å². The van der Waals surface area contributed by atoms with Crippen molar-refractivity contribution in [3.8, 4) is 11.5 Å². The van der Waals surface area contributed by atoms with Crippen molar-refractivity contribution in [3.05, 3.63) is 68.5 Å². The van der Waals surface area contributed by atoms with Crippen LogP contribution in [0.3, 0.4) is 0 Å². The average Bonchev–Trinajstić information content (AvgIpc) is 3.76. The van der Waals surface area contributed by atoms with Crippen LogP contribution in [0.15, 0.2) is 53.2 Å². The second-order valence-corrected chi connectivity index (χ2v) is 11.8. The zero-order valence-corrected chi connectivity index (χ0v) is 25.0. The molecular weight excluding hydrogens is 546 g/mol. The van der Waals surface area contributed by atoms with Crippen LogP contribution in [0.25, 0.3) is 0 Å². The number of ether oxygens (including phenoxy) is 3. The van der Waals surface area contributed by atoms with E-state index in [0.717, 1.165) is 34.6 Å². The summed E-state index contributed by atoms with van der Waals surface area (Å²) < 4.78 is 16.8. The third-order valence-corrected chi connectivity index (χ3v) is 8.77. The Kier molecular flexibility index (Phi) is 11.1. The first-order valence-corrected chi connectivity index (χ1v) is 15.7. The Bertz CT molecular complexity index is 1200. The highest BCUT2D eigenvalue weighted by Crippen LogP contribution is 2.35. The van der Waals surface area contributed by atoms with Gasteiger partial charge in [-0.15, -0.1) is 22.7 Å². The fourth-order valence-electron chi connectivity index (χ4n) is 4.77. The van der Waals surface area contributed by atoms with Crippen LogP contribution in [-0.4, -0.2) is 36.5 Å². The van der Waals surface area contributed by atoms with Gasteiger partial charge in [-0.05, 0) is 59.9 Å². The number of urea groups is 1. The number of hydrogen-bond donors (Lipinski definition) is 2. The van der Waals surface area contributed by atoms with Gasteiger partial charge in [0.1, 0.15) is 6.61 Å². The van der Waals surface area contributed by atoms with Crippen molar-refractivity contribution in [2.75, 3.05) is 13.4 Å². The van der Waals surface area contributed by atoms with Crippen molar-refractivity contribution in [1.29, 1.82) is 0 Å². The molecule has 3 aromatic rings. The Hall–Kier alpha value is -3.24. The number of carbonyl (C=O) groups is 2. The molecule has 0 spiro atoms. The van der Waals surface area contributed by atoms with Crippen LogP contribution in [0.2, 0.25) is 0 Å². The molecule has 8 nitrogen and oxygen atoms in total. The molecule has 10 heteroatoms. The van der Waals surface area contributed by atoms with Crippen molar-refractivity contribution in [2.45, 2.75) is 77.5 Å². The lowest BCUT2D eigenvalue weighted by Gasteiger charge is -2.30. The summed E-state index contributed by atoms with van der Waals surface area (Å²) in [6.45, 7) is 7.00. The lowest BCUT2D eigenvalue weighted by Crippen LogP contribution is -2.46. The lowest BCUT2D eigenvalue weighted by atomic mass is 10.0. The third-order valence-electron chi connectivity index (χ3n) is 6.94. The van der Waals surface area contributed by atoms with Crippen LogP contribution in [-0.2, 0) is 11.3 Å². The standard InChI is InChI=1S/C30H39N3O5S2/c1-4-7-10-22(31-29(34)32-24(5-2)21-13-14-26-27(17-21)38-20-37-26)19-36-30(35)33(18-23-11-8-15-39-23)25(6-3)28-12-9-16-40-28/h8-9,11-17,22,24-25H,4-7,10,18-20H2,1-3H3,(H2,31,32,34)/t22-,24+,25?/m0/s1. The van der Waals surface area contributed by atoms with E-state index in [-0.39, 0.29) is 43.6 Å². The van der Waals surface area contributed by atoms with Gasteiger partial charge in [0.15, 0.2) is 11.5 Å². The van der Waals surface area contributed by atoms with Gasteiger partial charge < -0.3 is 24.8 Å². The van der Waals surface area contributed by atoms with Crippen LogP contribution in [0.5, 0.6) is 11.5 Å². The van der Waals surface area contributed by atoms with Gasteiger partial charge in [0.05, 0.1) is 24.7 Å². The summed E-state index contributed by atoms with van der Waals surface area (Å²) in [5, 5.41) is 10.2. The monoisotopic (exact) mass is 585 g/mol. The number of nitrogens with one attached hydrogen (secondary N) is 2. The first-order valence-electron chi connectivity index (χ1n) is 14.0. The van der Waals surface area contributed by atoms with Crippen LogP contribution < -0.4 is 20.1 Å². The molecule has 0 fully saturated rings. The SMILES string of the molecule is CCCC[C@@H](COC(=O)N(Cc1cccs1)C(CC)c1cccs1)NC(=O)N[C@H](CC)c1ccc2c(c1)OCO2. The third kappa shape index (κ3) is 7.91. The van der Waals surface area contributed by atoms with Crippen molar-refractivity contribution >= 4 is 34.8 Å². The molecule has 3 atom stereocenters. The van der Waals surface area contributed by atoms with E-state index in [9.17, 15) is 9.59 Å². The number of hydrogen-bond acceptors (Lipinski definition) is 7. The predicted octanol–water partition coefficient (Wildman–Crippen LogP) is 7.64. The van der Waals surface area contributed by atoms with E-state index in [1.807, 2.05) is 54.1 Å². The summed E-state index contributed by atoms with van der Waals surface area (Å²) in [5.41, 5.74) is 0.946. The summed E-state index contributed by atoms with van der Waals surface area (Å²) in [7, 11) is 0. The maximum Gasteiger partial charge on any atom is 0.410 e. The van der Waals surface area contributed by atoms with Gasteiger partial charge in [0.25, 0.3) is 0 Å². The Morgan fingerprint density at radius 2 is 1.80 bits per heavy atom. The van der Waals surface area contributed by atoms with E-state index in [4.69, 9.17) is 14.2 Å². The van der Waals surface area contributed by atoms with E-state index in [1.165, 1.54) is 0 Å². The van der Waals surface area contributed by atoms with E-state index in [0.29, 0.717) is 30.9 Å². The Morgan fingerprint density at radius 1 is 1.00 bits per heavy atom. The lowest BCUT2D eigenvalue weighted by molar-refractivity contribution is 0.0740. The van der Waals surface area contributed by atoms with Crippen LogP contribution in [0.1, 0.15) is 80.3 Å². The molecule has 0 radical (unpaired) electrons. The largest absolute Gasteiger partial charge is 0.454 e. The highest BCUT2D eigenvalue weighted by molar-refractivity contribution is 7.10. The van der Waals surface area contributed by atoms with Crippen molar-refractivity contribution in [2.24, 2.45) is 0 Å². The van der Waals surface area contributed by atoms with E-state index >= 15 is 0 Å². The smallest absolute Gasteiger partial charge is 0.410 e. The molecule has 3 heterocycles. The molecule has 1 aliphatic rings. The Balaban J connectivity index is 1.39. The molecule has 216 valence electrons. The average molecular weight is 586 g/mol. The van der Waals surface area contributed by atoms with Crippen LogP contribution in [0.4, 0.5) is 9.59 Å². The first kappa shape index (κ1) is 29.7. The van der Waals surface area contributed by atoms with Crippen molar-refractivity contribution < 1.29 is 23.8 Å². The summed E-state index contributed by atoms with van der Waals surface area (Å²) in [6.07, 6.45) is 3.71. The first-order chi connectivity index (χ1) is 19.5. The fraction of sp³-hybridized carbons (Fsp3) is 0.467. The normalized spacial score (nSPS) is 14.3. The molecule has 40 heavy (non-hydrogen) atoms. The number of unbranched alkanes of at least 4 members (excludes halogenated alkanes) is 1. The highest BCUT2D eigenvalue weighted by atomic mass is 32.1. The summed E-state index contributed by atoms with van der Waals surface area (Å²) in [4.78, 5) is 30.6. The molecule has 4 rings (SSSR count). The number of rotatable bonds is 14. The van der Waals surface area contributed by atoms with Gasteiger partial charge in [-0.1, -0.05) is 51.8 Å². The maximum atomic E-state index is 13.5. The molecule has 0 saturated heterocycles. The second kappa shape index (κ2) is 14.9. The molecule has 1 unspecified atom stereocenters. The van der Waals surface area contributed by atoms with Gasteiger partial charge >= 0.3 is 12.1 Å². The maximum absolute atomic E-state index is 13.5.